The van der Waals surface area contributed by atoms with E-state index in [1.807, 2.05) is 32.2 Å². The molecule has 0 spiro atoms. The van der Waals surface area contributed by atoms with Crippen LogP contribution in [0.25, 0.3) is 0 Å². The lowest BCUT2D eigenvalue weighted by Gasteiger charge is -2.06. The molecule has 0 saturated heterocycles. The van der Waals surface area contributed by atoms with Crippen molar-refractivity contribution in [2.75, 3.05) is 12.4 Å². The van der Waals surface area contributed by atoms with Crippen molar-refractivity contribution in [1.82, 2.24) is 0 Å². The number of benzene rings is 1. The standard InChI is InChI=1S/C9H13NO/c1-7-3-4-9(10-2)8(5-7)6-11/h3-5,10-11H,6H2,1-2H3. The molecule has 0 heterocycles. The van der Waals surface area contributed by atoms with Gasteiger partial charge in [-0.05, 0) is 13.0 Å². The molecule has 0 amide bonds. The first-order valence-corrected chi connectivity index (χ1v) is 3.66. The van der Waals surface area contributed by atoms with E-state index >= 15 is 0 Å². The Morgan fingerprint density at radius 3 is 2.73 bits per heavy atom. The number of aliphatic hydroxyl groups is 1. The van der Waals surface area contributed by atoms with Crippen LogP contribution in [0.5, 0.6) is 0 Å². The zero-order valence-electron chi connectivity index (χ0n) is 6.89. The zero-order valence-corrected chi connectivity index (χ0v) is 6.89. The average Bonchev–Trinajstić information content (AvgIpc) is 2.04. The fourth-order valence-electron chi connectivity index (χ4n) is 1.10. The third-order valence-electron chi connectivity index (χ3n) is 1.70. The van der Waals surface area contributed by atoms with Gasteiger partial charge in [-0.25, -0.2) is 0 Å². The lowest BCUT2D eigenvalue weighted by Crippen LogP contribution is -1.95. The second-order valence-electron chi connectivity index (χ2n) is 2.57. The van der Waals surface area contributed by atoms with Gasteiger partial charge in [-0.2, -0.15) is 0 Å². The fourth-order valence-corrected chi connectivity index (χ4v) is 1.10. The molecule has 2 heteroatoms. The summed E-state index contributed by atoms with van der Waals surface area (Å²) in [6.45, 7) is 2.11. The Morgan fingerprint density at radius 1 is 1.45 bits per heavy atom. The molecule has 60 valence electrons. The minimum atomic E-state index is 0.0951. The van der Waals surface area contributed by atoms with Crippen LogP contribution in [0, 0.1) is 6.92 Å². The third kappa shape index (κ3) is 1.71. The molecule has 0 aliphatic rings. The van der Waals surface area contributed by atoms with E-state index in [1.165, 1.54) is 5.56 Å². The van der Waals surface area contributed by atoms with E-state index in [1.54, 1.807) is 0 Å². The molecule has 11 heavy (non-hydrogen) atoms. The second kappa shape index (κ2) is 3.39. The number of aliphatic hydroxyl groups excluding tert-OH is 1. The van der Waals surface area contributed by atoms with Crippen LogP contribution in [-0.2, 0) is 6.61 Å². The number of hydrogen-bond donors (Lipinski definition) is 2. The number of hydrogen-bond acceptors (Lipinski definition) is 2. The molecule has 1 aromatic rings. The Balaban J connectivity index is 3.06. The van der Waals surface area contributed by atoms with Crippen molar-refractivity contribution in [3.63, 3.8) is 0 Å². The molecule has 0 aromatic heterocycles. The molecule has 0 fully saturated rings. The van der Waals surface area contributed by atoms with Gasteiger partial charge in [-0.3, -0.25) is 0 Å². The second-order valence-corrected chi connectivity index (χ2v) is 2.57. The molecule has 0 saturated carbocycles. The highest BCUT2D eigenvalue weighted by molar-refractivity contribution is 5.51. The van der Waals surface area contributed by atoms with Crippen LogP contribution in [0.3, 0.4) is 0 Å². The summed E-state index contributed by atoms with van der Waals surface area (Å²) < 4.78 is 0. The van der Waals surface area contributed by atoms with Gasteiger partial charge in [0.1, 0.15) is 0 Å². The van der Waals surface area contributed by atoms with Crippen molar-refractivity contribution in [2.45, 2.75) is 13.5 Å². The summed E-state index contributed by atoms with van der Waals surface area (Å²) >= 11 is 0. The first-order valence-electron chi connectivity index (χ1n) is 3.66. The molecule has 2 nitrogen and oxygen atoms in total. The fraction of sp³-hybridized carbons (Fsp3) is 0.333. The van der Waals surface area contributed by atoms with Crippen molar-refractivity contribution < 1.29 is 5.11 Å². The van der Waals surface area contributed by atoms with E-state index in [4.69, 9.17) is 5.11 Å². The maximum Gasteiger partial charge on any atom is 0.0702 e. The smallest absolute Gasteiger partial charge is 0.0702 e. The summed E-state index contributed by atoms with van der Waals surface area (Å²) in [7, 11) is 1.85. The van der Waals surface area contributed by atoms with Crippen molar-refractivity contribution in [3.05, 3.63) is 29.3 Å². The van der Waals surface area contributed by atoms with Gasteiger partial charge in [0.2, 0.25) is 0 Å². The van der Waals surface area contributed by atoms with E-state index in [2.05, 4.69) is 5.32 Å². The van der Waals surface area contributed by atoms with Crippen LogP contribution in [0.15, 0.2) is 18.2 Å². The summed E-state index contributed by atoms with van der Waals surface area (Å²) in [5.41, 5.74) is 3.12. The highest BCUT2D eigenvalue weighted by atomic mass is 16.3. The number of aryl methyl sites for hydroxylation is 1. The molecular weight excluding hydrogens is 138 g/mol. The minimum absolute atomic E-state index is 0.0951. The number of anilines is 1. The van der Waals surface area contributed by atoms with Gasteiger partial charge in [0.05, 0.1) is 6.61 Å². The van der Waals surface area contributed by atoms with Gasteiger partial charge in [0.15, 0.2) is 0 Å². The molecule has 1 rings (SSSR count). The van der Waals surface area contributed by atoms with Crippen LogP contribution in [0.4, 0.5) is 5.69 Å². The molecular formula is C9H13NO. The molecule has 0 aliphatic carbocycles. The highest BCUT2D eigenvalue weighted by Gasteiger charge is 1.97. The quantitative estimate of drug-likeness (QED) is 0.671. The van der Waals surface area contributed by atoms with Crippen LogP contribution < -0.4 is 5.32 Å². The summed E-state index contributed by atoms with van der Waals surface area (Å²) in [5, 5.41) is 11.9. The molecule has 2 N–H and O–H groups in total. The maximum atomic E-state index is 8.93. The monoisotopic (exact) mass is 151 g/mol. The maximum absolute atomic E-state index is 8.93. The van der Waals surface area contributed by atoms with Gasteiger partial charge in [-0.1, -0.05) is 17.7 Å². The van der Waals surface area contributed by atoms with Crippen molar-refractivity contribution >= 4 is 5.69 Å². The van der Waals surface area contributed by atoms with Gasteiger partial charge < -0.3 is 10.4 Å². The zero-order chi connectivity index (χ0) is 8.27. The Hall–Kier alpha value is -1.02. The summed E-state index contributed by atoms with van der Waals surface area (Å²) in [6, 6.07) is 5.97. The average molecular weight is 151 g/mol. The lowest BCUT2D eigenvalue weighted by molar-refractivity contribution is 0.282. The third-order valence-corrected chi connectivity index (χ3v) is 1.70. The number of rotatable bonds is 2. The van der Waals surface area contributed by atoms with Gasteiger partial charge in [0.25, 0.3) is 0 Å². The van der Waals surface area contributed by atoms with Gasteiger partial charge >= 0.3 is 0 Å². The van der Waals surface area contributed by atoms with Gasteiger partial charge in [0, 0.05) is 18.3 Å². The van der Waals surface area contributed by atoms with Crippen LogP contribution in [0.2, 0.25) is 0 Å². The Kier molecular flexibility index (Phi) is 2.49. The van der Waals surface area contributed by atoms with Crippen molar-refractivity contribution in [2.24, 2.45) is 0 Å². The van der Waals surface area contributed by atoms with E-state index in [-0.39, 0.29) is 6.61 Å². The molecule has 0 atom stereocenters. The Labute approximate surface area is 66.9 Å². The molecule has 0 radical (unpaired) electrons. The van der Waals surface area contributed by atoms with Gasteiger partial charge in [-0.15, -0.1) is 0 Å². The molecule has 1 aromatic carbocycles. The Morgan fingerprint density at radius 2 is 2.18 bits per heavy atom. The topological polar surface area (TPSA) is 32.3 Å². The lowest BCUT2D eigenvalue weighted by atomic mass is 10.1. The summed E-state index contributed by atoms with van der Waals surface area (Å²) in [5.74, 6) is 0. The van der Waals surface area contributed by atoms with Crippen LogP contribution in [-0.4, -0.2) is 12.2 Å². The molecule has 0 unspecified atom stereocenters. The van der Waals surface area contributed by atoms with E-state index in [0.717, 1.165) is 11.3 Å². The predicted octanol–water partition coefficient (Wildman–Crippen LogP) is 1.53. The largest absolute Gasteiger partial charge is 0.392 e. The minimum Gasteiger partial charge on any atom is -0.392 e. The first-order chi connectivity index (χ1) is 5.27. The van der Waals surface area contributed by atoms with E-state index < -0.39 is 0 Å². The van der Waals surface area contributed by atoms with Crippen molar-refractivity contribution in [3.8, 4) is 0 Å². The molecule has 0 bridgehead atoms. The summed E-state index contributed by atoms with van der Waals surface area (Å²) in [6.07, 6.45) is 0. The summed E-state index contributed by atoms with van der Waals surface area (Å²) in [4.78, 5) is 0. The van der Waals surface area contributed by atoms with E-state index in [9.17, 15) is 0 Å². The SMILES string of the molecule is CNc1ccc(C)cc1CO. The van der Waals surface area contributed by atoms with E-state index in [0.29, 0.717) is 0 Å². The highest BCUT2D eigenvalue weighted by Crippen LogP contribution is 2.15. The Bertz CT molecular complexity index is 245. The normalized spacial score (nSPS) is 9.73. The molecule has 0 aliphatic heterocycles. The van der Waals surface area contributed by atoms with Crippen molar-refractivity contribution in [1.29, 1.82) is 0 Å². The van der Waals surface area contributed by atoms with Crippen LogP contribution in [0.1, 0.15) is 11.1 Å². The first kappa shape index (κ1) is 8.08. The number of nitrogens with one attached hydrogen (secondary N) is 1. The van der Waals surface area contributed by atoms with Crippen LogP contribution >= 0.6 is 0 Å². The predicted molar refractivity (Wildman–Crippen MR) is 46.6 cm³/mol.